The molecule has 112 valence electrons. The van der Waals surface area contributed by atoms with Gasteiger partial charge >= 0.3 is 0 Å². The Labute approximate surface area is 125 Å². The summed E-state index contributed by atoms with van der Waals surface area (Å²) in [6.45, 7) is 4.42. The number of nitrogens with two attached hydrogens (primary N) is 1. The maximum Gasteiger partial charge on any atom is 0.165 e. The molecular weight excluding hydrogens is 265 g/mol. The molecule has 2 N–H and O–H groups in total. The molecule has 21 heavy (non-hydrogen) atoms. The first kappa shape index (κ1) is 15.5. The Morgan fingerprint density at radius 1 is 1.19 bits per heavy atom. The van der Waals surface area contributed by atoms with Crippen LogP contribution in [0.1, 0.15) is 30.0 Å². The van der Waals surface area contributed by atoms with Crippen molar-refractivity contribution >= 4 is 0 Å². The van der Waals surface area contributed by atoms with Gasteiger partial charge in [-0.15, -0.1) is 0 Å². The Balaban J connectivity index is 2.03. The zero-order valence-corrected chi connectivity index (χ0v) is 12.6. The van der Waals surface area contributed by atoms with Crippen LogP contribution in [-0.2, 0) is 13.0 Å². The highest BCUT2D eigenvalue weighted by Crippen LogP contribution is 2.21. The van der Waals surface area contributed by atoms with Crippen LogP contribution in [0.4, 0.5) is 4.39 Å². The predicted molar refractivity (Wildman–Crippen MR) is 83.9 cm³/mol. The Kier molecular flexibility index (Phi) is 5.34. The molecule has 0 saturated carbocycles. The van der Waals surface area contributed by atoms with Crippen LogP contribution < -0.4 is 10.5 Å². The van der Waals surface area contributed by atoms with Gasteiger partial charge in [0.05, 0.1) is 0 Å². The van der Waals surface area contributed by atoms with Gasteiger partial charge in [-0.2, -0.15) is 0 Å². The van der Waals surface area contributed by atoms with E-state index >= 15 is 0 Å². The van der Waals surface area contributed by atoms with Crippen LogP contribution >= 0.6 is 0 Å². The van der Waals surface area contributed by atoms with Crippen molar-refractivity contribution in [2.45, 2.75) is 39.3 Å². The molecule has 0 bridgehead atoms. The van der Waals surface area contributed by atoms with Crippen LogP contribution in [0.15, 0.2) is 42.5 Å². The molecule has 0 radical (unpaired) electrons. The number of benzene rings is 2. The summed E-state index contributed by atoms with van der Waals surface area (Å²) in [6.07, 6.45) is 1.57. The van der Waals surface area contributed by atoms with Gasteiger partial charge in [0.2, 0.25) is 0 Å². The minimum absolute atomic E-state index is 0.0723. The fourth-order valence-electron chi connectivity index (χ4n) is 2.16. The molecule has 0 aromatic heterocycles. The van der Waals surface area contributed by atoms with Gasteiger partial charge in [0.25, 0.3) is 0 Å². The quantitative estimate of drug-likeness (QED) is 0.871. The van der Waals surface area contributed by atoms with Gasteiger partial charge in [0.15, 0.2) is 11.6 Å². The van der Waals surface area contributed by atoms with Crippen LogP contribution in [0.2, 0.25) is 0 Å². The monoisotopic (exact) mass is 287 g/mol. The van der Waals surface area contributed by atoms with Crippen LogP contribution in [0, 0.1) is 12.7 Å². The summed E-state index contributed by atoms with van der Waals surface area (Å²) >= 11 is 0. The molecule has 0 aliphatic carbocycles. The highest BCUT2D eigenvalue weighted by atomic mass is 19.1. The predicted octanol–water partition coefficient (Wildman–Crippen LogP) is 3.99. The lowest BCUT2D eigenvalue weighted by molar-refractivity contribution is 0.289. The molecule has 0 spiro atoms. The first-order valence-electron chi connectivity index (χ1n) is 7.31. The summed E-state index contributed by atoms with van der Waals surface area (Å²) < 4.78 is 19.6. The SMILES string of the molecule is CCC(N)Cc1ccc(OCc2ccccc2C)c(F)c1. The summed E-state index contributed by atoms with van der Waals surface area (Å²) in [7, 11) is 0. The lowest BCUT2D eigenvalue weighted by Crippen LogP contribution is -2.21. The molecule has 2 aromatic rings. The fraction of sp³-hybridized carbons (Fsp3) is 0.333. The molecule has 0 fully saturated rings. The average Bonchev–Trinajstić information content (AvgIpc) is 2.48. The molecular formula is C18H22FNO. The molecule has 0 aliphatic rings. The standard InChI is InChI=1S/C18H22FNO/c1-3-16(20)10-14-8-9-18(17(19)11-14)21-12-15-7-5-4-6-13(15)2/h4-9,11,16H,3,10,12,20H2,1-2H3. The van der Waals surface area contributed by atoms with E-state index in [0.29, 0.717) is 13.0 Å². The highest BCUT2D eigenvalue weighted by molar-refractivity contribution is 5.31. The Morgan fingerprint density at radius 2 is 1.95 bits per heavy atom. The lowest BCUT2D eigenvalue weighted by atomic mass is 10.0. The van der Waals surface area contributed by atoms with E-state index in [2.05, 4.69) is 0 Å². The maximum absolute atomic E-state index is 14.0. The lowest BCUT2D eigenvalue weighted by Gasteiger charge is -2.12. The molecule has 0 saturated heterocycles. The second-order valence-corrected chi connectivity index (χ2v) is 5.35. The zero-order chi connectivity index (χ0) is 15.2. The van der Waals surface area contributed by atoms with Crippen LogP contribution in [0.3, 0.4) is 0 Å². The summed E-state index contributed by atoms with van der Waals surface area (Å²) in [6, 6.07) is 13.1. The van der Waals surface area contributed by atoms with Crippen molar-refractivity contribution in [3.63, 3.8) is 0 Å². The minimum Gasteiger partial charge on any atom is -0.486 e. The summed E-state index contributed by atoms with van der Waals surface area (Å²) in [4.78, 5) is 0. The third-order valence-corrected chi connectivity index (χ3v) is 3.66. The van der Waals surface area contributed by atoms with Gasteiger partial charge < -0.3 is 10.5 Å². The third kappa shape index (κ3) is 4.30. The highest BCUT2D eigenvalue weighted by Gasteiger charge is 2.08. The van der Waals surface area contributed by atoms with E-state index in [1.165, 1.54) is 6.07 Å². The van der Waals surface area contributed by atoms with E-state index in [1.807, 2.05) is 44.2 Å². The topological polar surface area (TPSA) is 35.2 Å². The second kappa shape index (κ2) is 7.23. The number of ether oxygens (including phenoxy) is 1. The Bertz CT molecular complexity index is 598. The number of halogens is 1. The van der Waals surface area contributed by atoms with Gasteiger partial charge in [-0.25, -0.2) is 4.39 Å². The molecule has 1 unspecified atom stereocenters. The van der Waals surface area contributed by atoms with Crippen molar-refractivity contribution in [2.75, 3.05) is 0 Å². The van der Waals surface area contributed by atoms with Crippen molar-refractivity contribution < 1.29 is 9.13 Å². The smallest absolute Gasteiger partial charge is 0.165 e. The van der Waals surface area contributed by atoms with Gasteiger partial charge in [-0.3, -0.25) is 0 Å². The average molecular weight is 287 g/mol. The number of rotatable bonds is 6. The van der Waals surface area contributed by atoms with Crippen molar-refractivity contribution in [2.24, 2.45) is 5.73 Å². The second-order valence-electron chi connectivity index (χ2n) is 5.35. The van der Waals surface area contributed by atoms with Crippen LogP contribution in [0.5, 0.6) is 5.75 Å². The fourth-order valence-corrected chi connectivity index (χ4v) is 2.16. The number of aryl methyl sites for hydroxylation is 1. The Morgan fingerprint density at radius 3 is 2.62 bits per heavy atom. The minimum atomic E-state index is -0.329. The van der Waals surface area contributed by atoms with E-state index in [9.17, 15) is 4.39 Å². The molecule has 1 atom stereocenters. The molecule has 3 heteroatoms. The normalized spacial score (nSPS) is 12.2. The molecule has 0 amide bonds. The molecule has 2 aromatic carbocycles. The summed E-state index contributed by atoms with van der Waals surface area (Å²) in [5, 5.41) is 0. The molecule has 0 aliphatic heterocycles. The van der Waals surface area contributed by atoms with Crippen LogP contribution in [0.25, 0.3) is 0 Å². The summed E-state index contributed by atoms with van der Waals surface area (Å²) in [5.74, 6) is -0.0449. The zero-order valence-electron chi connectivity index (χ0n) is 12.6. The third-order valence-electron chi connectivity index (χ3n) is 3.66. The van der Waals surface area contributed by atoms with Crippen molar-refractivity contribution in [3.05, 3.63) is 65.0 Å². The number of hydrogen-bond donors (Lipinski definition) is 1. The first-order valence-corrected chi connectivity index (χ1v) is 7.31. The van der Waals surface area contributed by atoms with E-state index in [0.717, 1.165) is 23.1 Å². The van der Waals surface area contributed by atoms with Crippen molar-refractivity contribution in [3.8, 4) is 5.75 Å². The maximum atomic E-state index is 14.0. The van der Waals surface area contributed by atoms with Crippen molar-refractivity contribution in [1.29, 1.82) is 0 Å². The van der Waals surface area contributed by atoms with Crippen LogP contribution in [-0.4, -0.2) is 6.04 Å². The van der Waals surface area contributed by atoms with Gasteiger partial charge in [0.1, 0.15) is 6.61 Å². The van der Waals surface area contributed by atoms with Gasteiger partial charge in [-0.05, 0) is 48.6 Å². The molecule has 2 nitrogen and oxygen atoms in total. The van der Waals surface area contributed by atoms with Crippen molar-refractivity contribution in [1.82, 2.24) is 0 Å². The summed E-state index contributed by atoms with van der Waals surface area (Å²) in [5.41, 5.74) is 9.00. The van der Waals surface area contributed by atoms with E-state index in [4.69, 9.17) is 10.5 Å². The van der Waals surface area contributed by atoms with E-state index in [-0.39, 0.29) is 17.6 Å². The molecule has 0 heterocycles. The number of hydrogen-bond acceptors (Lipinski definition) is 2. The van der Waals surface area contributed by atoms with E-state index < -0.39 is 0 Å². The van der Waals surface area contributed by atoms with Gasteiger partial charge in [-0.1, -0.05) is 37.3 Å². The first-order chi connectivity index (χ1) is 10.1. The van der Waals surface area contributed by atoms with Gasteiger partial charge in [0, 0.05) is 6.04 Å². The molecule has 2 rings (SSSR count). The van der Waals surface area contributed by atoms with E-state index in [1.54, 1.807) is 6.07 Å². The largest absolute Gasteiger partial charge is 0.486 e. The Hall–Kier alpha value is -1.87.